The number of rotatable bonds is 6. The number of aromatic nitrogens is 8. The van der Waals surface area contributed by atoms with E-state index in [0.717, 1.165) is 0 Å². The first-order chi connectivity index (χ1) is 13.2. The van der Waals surface area contributed by atoms with Gasteiger partial charge in [-0.2, -0.15) is 0 Å². The summed E-state index contributed by atoms with van der Waals surface area (Å²) in [5.74, 6) is 1.07. The summed E-state index contributed by atoms with van der Waals surface area (Å²) in [6.07, 6.45) is 6.31. The summed E-state index contributed by atoms with van der Waals surface area (Å²) in [7, 11) is 1.52. The minimum Gasteiger partial charge on any atom is -0.480 e. The first kappa shape index (κ1) is 16.8. The minimum absolute atomic E-state index is 0.229. The van der Waals surface area contributed by atoms with Crippen molar-refractivity contribution >= 4 is 0 Å². The zero-order valence-electron chi connectivity index (χ0n) is 14.4. The molecule has 3 heterocycles. The van der Waals surface area contributed by atoms with Gasteiger partial charge in [0.15, 0.2) is 0 Å². The van der Waals surface area contributed by atoms with Gasteiger partial charge in [-0.05, 0) is 6.07 Å². The van der Waals surface area contributed by atoms with Crippen molar-refractivity contribution in [1.29, 1.82) is 0 Å². The van der Waals surface area contributed by atoms with Gasteiger partial charge in [0.25, 0.3) is 0 Å². The van der Waals surface area contributed by atoms with Gasteiger partial charge in [0, 0.05) is 11.8 Å². The third kappa shape index (κ3) is 3.64. The summed E-state index contributed by atoms with van der Waals surface area (Å²) in [4.78, 5) is 12.9. The highest BCUT2D eigenvalue weighted by molar-refractivity contribution is 5.47. The Hall–Kier alpha value is -3.69. The maximum absolute atomic E-state index is 14.1. The molecule has 0 aliphatic rings. The van der Waals surface area contributed by atoms with Crippen molar-refractivity contribution in [3.8, 4) is 17.4 Å². The second-order valence-electron chi connectivity index (χ2n) is 5.65. The number of halogens is 1. The second kappa shape index (κ2) is 7.28. The van der Waals surface area contributed by atoms with Crippen LogP contribution in [0.25, 0.3) is 11.5 Å². The molecule has 0 N–H and O–H groups in total. The first-order valence-corrected chi connectivity index (χ1v) is 8.10. The van der Waals surface area contributed by atoms with Crippen LogP contribution in [0, 0.1) is 5.82 Å². The Morgan fingerprint density at radius 2 is 2.00 bits per heavy atom. The highest BCUT2D eigenvalue weighted by atomic mass is 19.1. The van der Waals surface area contributed by atoms with Gasteiger partial charge in [0.05, 0.1) is 32.2 Å². The summed E-state index contributed by atoms with van der Waals surface area (Å²) in [5.41, 5.74) is 0.998. The lowest BCUT2D eigenvalue weighted by molar-refractivity contribution is 0.396. The molecule has 0 bridgehead atoms. The highest BCUT2D eigenvalue weighted by Gasteiger charge is 2.15. The lowest BCUT2D eigenvalue weighted by Gasteiger charge is -2.06. The molecule has 0 atom stereocenters. The fourth-order valence-electron chi connectivity index (χ4n) is 2.51. The molecule has 0 fully saturated rings. The lowest BCUT2D eigenvalue weighted by atomic mass is 10.2. The van der Waals surface area contributed by atoms with Gasteiger partial charge in [0.2, 0.25) is 11.7 Å². The maximum atomic E-state index is 14.1. The van der Waals surface area contributed by atoms with Crippen LogP contribution in [0.3, 0.4) is 0 Å². The monoisotopic (exact) mass is 366 g/mol. The van der Waals surface area contributed by atoms with Gasteiger partial charge in [-0.1, -0.05) is 23.4 Å². The van der Waals surface area contributed by atoms with Crippen LogP contribution in [0.4, 0.5) is 4.39 Å². The Balaban J connectivity index is 1.70. The van der Waals surface area contributed by atoms with E-state index in [1.807, 2.05) is 0 Å². The van der Waals surface area contributed by atoms with Crippen LogP contribution in [0.2, 0.25) is 0 Å². The predicted molar refractivity (Wildman–Crippen MR) is 92.2 cm³/mol. The molecule has 0 radical (unpaired) electrons. The van der Waals surface area contributed by atoms with Crippen molar-refractivity contribution in [2.24, 2.45) is 0 Å². The van der Waals surface area contributed by atoms with Crippen LogP contribution in [0.1, 0.15) is 11.4 Å². The Morgan fingerprint density at radius 3 is 2.70 bits per heavy atom. The molecule has 0 aliphatic heterocycles. The topological polar surface area (TPSA) is 96.4 Å². The summed E-state index contributed by atoms with van der Waals surface area (Å²) in [5, 5.41) is 12.2. The van der Waals surface area contributed by atoms with Crippen molar-refractivity contribution in [3.63, 3.8) is 0 Å². The van der Waals surface area contributed by atoms with Crippen LogP contribution in [-0.2, 0) is 13.1 Å². The molecule has 0 aliphatic carbocycles. The number of hydrogen-bond donors (Lipinski definition) is 0. The molecule has 4 aromatic rings. The van der Waals surface area contributed by atoms with Crippen molar-refractivity contribution < 1.29 is 9.13 Å². The highest BCUT2D eigenvalue weighted by Crippen LogP contribution is 2.16. The largest absolute Gasteiger partial charge is 0.480 e. The van der Waals surface area contributed by atoms with Gasteiger partial charge in [0.1, 0.15) is 23.9 Å². The molecular weight excluding hydrogens is 351 g/mol. The Kier molecular flexibility index (Phi) is 4.52. The number of hydrogen-bond acceptors (Lipinski definition) is 7. The van der Waals surface area contributed by atoms with Crippen LogP contribution in [-0.4, -0.2) is 46.8 Å². The summed E-state index contributed by atoms with van der Waals surface area (Å²) >= 11 is 0. The van der Waals surface area contributed by atoms with Crippen LogP contribution < -0.4 is 4.74 Å². The normalized spacial score (nSPS) is 10.9. The third-order valence-electron chi connectivity index (χ3n) is 3.87. The quantitative estimate of drug-likeness (QED) is 0.511. The molecule has 27 heavy (non-hydrogen) atoms. The molecule has 3 aromatic heterocycles. The molecule has 0 saturated carbocycles. The zero-order chi connectivity index (χ0) is 18.6. The Morgan fingerprint density at radius 1 is 1.11 bits per heavy atom. The lowest BCUT2D eigenvalue weighted by Crippen LogP contribution is -2.12. The number of ether oxygens (including phenoxy) is 1. The van der Waals surface area contributed by atoms with E-state index in [1.165, 1.54) is 25.6 Å². The number of nitrogens with zero attached hydrogens (tertiary/aromatic N) is 8. The summed E-state index contributed by atoms with van der Waals surface area (Å²) in [6.45, 7) is 0.568. The fourth-order valence-corrected chi connectivity index (χ4v) is 2.51. The SMILES string of the molecule is COc1cnc(-c2nc(Cn3ccnn3)n(Cc3ccccc3F)n2)cn1. The van der Waals surface area contributed by atoms with E-state index in [-0.39, 0.29) is 12.4 Å². The van der Waals surface area contributed by atoms with Crippen LogP contribution in [0.5, 0.6) is 5.88 Å². The standard InChI is InChI=1S/C17H15FN8O/c1-27-16-9-19-14(8-20-16)17-22-15(11-25-7-6-21-24-25)26(23-17)10-12-4-2-3-5-13(12)18/h2-9H,10-11H2,1H3. The van der Waals surface area contributed by atoms with Gasteiger partial charge in [-0.3, -0.25) is 0 Å². The van der Waals surface area contributed by atoms with E-state index in [4.69, 9.17) is 4.74 Å². The number of methoxy groups -OCH3 is 1. The molecule has 10 heteroatoms. The van der Waals surface area contributed by atoms with E-state index in [0.29, 0.717) is 35.3 Å². The zero-order valence-corrected chi connectivity index (χ0v) is 14.4. The van der Waals surface area contributed by atoms with E-state index < -0.39 is 0 Å². The average molecular weight is 366 g/mol. The van der Waals surface area contributed by atoms with E-state index in [2.05, 4.69) is 30.4 Å². The van der Waals surface area contributed by atoms with Crippen molar-refractivity contribution in [3.05, 3.63) is 66.3 Å². The van der Waals surface area contributed by atoms with Gasteiger partial charge in [-0.15, -0.1) is 10.2 Å². The maximum Gasteiger partial charge on any atom is 0.232 e. The summed E-state index contributed by atoms with van der Waals surface area (Å²) in [6, 6.07) is 6.56. The van der Waals surface area contributed by atoms with Gasteiger partial charge in [-0.25, -0.2) is 28.7 Å². The van der Waals surface area contributed by atoms with Gasteiger partial charge < -0.3 is 4.74 Å². The molecular formula is C17H15FN8O. The molecule has 4 rings (SSSR count). The Bertz CT molecular complexity index is 1030. The second-order valence-corrected chi connectivity index (χ2v) is 5.65. The first-order valence-electron chi connectivity index (χ1n) is 8.10. The molecule has 0 amide bonds. The predicted octanol–water partition coefficient (Wildman–Crippen LogP) is 1.57. The smallest absolute Gasteiger partial charge is 0.232 e. The molecule has 0 saturated heterocycles. The Labute approximate surface area is 153 Å². The van der Waals surface area contributed by atoms with Crippen molar-refractivity contribution in [1.82, 2.24) is 39.7 Å². The van der Waals surface area contributed by atoms with E-state index in [1.54, 1.807) is 40.0 Å². The molecule has 0 unspecified atom stereocenters. The van der Waals surface area contributed by atoms with E-state index >= 15 is 0 Å². The van der Waals surface area contributed by atoms with Crippen molar-refractivity contribution in [2.75, 3.05) is 7.11 Å². The van der Waals surface area contributed by atoms with E-state index in [9.17, 15) is 4.39 Å². The van der Waals surface area contributed by atoms with Crippen LogP contribution >= 0.6 is 0 Å². The number of benzene rings is 1. The summed E-state index contributed by atoms with van der Waals surface area (Å²) < 4.78 is 22.3. The third-order valence-corrected chi connectivity index (χ3v) is 3.87. The molecule has 1 aromatic carbocycles. The van der Waals surface area contributed by atoms with Crippen LogP contribution in [0.15, 0.2) is 49.1 Å². The minimum atomic E-state index is -0.300. The molecule has 9 nitrogen and oxygen atoms in total. The molecule has 0 spiro atoms. The van der Waals surface area contributed by atoms with Crippen molar-refractivity contribution in [2.45, 2.75) is 13.1 Å². The van der Waals surface area contributed by atoms with Gasteiger partial charge >= 0.3 is 0 Å². The fraction of sp³-hybridized carbons (Fsp3) is 0.176. The average Bonchev–Trinajstić information content (AvgIpc) is 3.34. The molecule has 136 valence electrons.